The zero-order valence-corrected chi connectivity index (χ0v) is 18.4. The molecule has 2 aromatic rings. The molecule has 0 saturated heterocycles. The summed E-state index contributed by atoms with van der Waals surface area (Å²) >= 11 is 0.968. The molecule has 0 bridgehead atoms. The molecule has 5 nitrogen and oxygen atoms in total. The van der Waals surface area contributed by atoms with E-state index in [2.05, 4.69) is 20.6 Å². The quantitative estimate of drug-likeness (QED) is 0.243. The number of ether oxygens (including phenoxy) is 1. The van der Waals surface area contributed by atoms with Gasteiger partial charge in [0.25, 0.3) is 0 Å². The van der Waals surface area contributed by atoms with Gasteiger partial charge in [-0.2, -0.15) is 13.2 Å². The van der Waals surface area contributed by atoms with Crippen LogP contribution in [0.3, 0.4) is 0 Å². The highest BCUT2D eigenvalue weighted by Crippen LogP contribution is 2.30. The number of hydrogen-bond donors (Lipinski definition) is 2. The highest BCUT2D eigenvalue weighted by molar-refractivity contribution is 14.0. The highest BCUT2D eigenvalue weighted by Gasteiger charge is 2.33. The van der Waals surface area contributed by atoms with Gasteiger partial charge < -0.3 is 15.4 Å². The minimum absolute atomic E-state index is 0. The van der Waals surface area contributed by atoms with Crippen LogP contribution < -0.4 is 15.4 Å². The monoisotopic (exact) mass is 532 g/mol. The highest BCUT2D eigenvalue weighted by atomic mass is 127. The Balaban J connectivity index is 0.00000392. The van der Waals surface area contributed by atoms with Gasteiger partial charge in [0.1, 0.15) is 0 Å². The maximum Gasteiger partial charge on any atom is 0.434 e. The van der Waals surface area contributed by atoms with E-state index in [1.165, 1.54) is 6.07 Å². The molecule has 0 aliphatic rings. The van der Waals surface area contributed by atoms with Gasteiger partial charge >= 0.3 is 6.18 Å². The summed E-state index contributed by atoms with van der Waals surface area (Å²) < 4.78 is 56.6. The number of halogens is 5. The maximum absolute atomic E-state index is 13.8. The van der Waals surface area contributed by atoms with Crippen molar-refractivity contribution < 1.29 is 22.3 Å². The van der Waals surface area contributed by atoms with Crippen LogP contribution in [-0.2, 0) is 19.1 Å². The Hall–Kier alpha value is -1.63. The van der Waals surface area contributed by atoms with Crippen LogP contribution in [0.5, 0.6) is 5.75 Å². The van der Waals surface area contributed by atoms with Crippen LogP contribution in [0.2, 0.25) is 0 Å². The molecule has 0 saturated carbocycles. The minimum atomic E-state index is -4.42. The lowest BCUT2D eigenvalue weighted by Gasteiger charge is -2.12. The summed E-state index contributed by atoms with van der Waals surface area (Å²) in [5.41, 5.74) is -0.170. The summed E-state index contributed by atoms with van der Waals surface area (Å²) in [7, 11) is 1.57. The summed E-state index contributed by atoms with van der Waals surface area (Å²) in [6.45, 7) is 2.86. The molecule has 0 atom stereocenters. The molecule has 0 spiro atoms. The van der Waals surface area contributed by atoms with Crippen LogP contribution in [0.4, 0.5) is 17.6 Å². The lowest BCUT2D eigenvalue weighted by molar-refractivity contribution is -0.140. The van der Waals surface area contributed by atoms with E-state index in [9.17, 15) is 17.6 Å². The number of aliphatic imine (C=N–C) groups is 1. The van der Waals surface area contributed by atoms with Crippen molar-refractivity contribution in [2.45, 2.75) is 26.1 Å². The summed E-state index contributed by atoms with van der Waals surface area (Å²) in [6, 6.07) is 4.68. The number of thiazole rings is 1. The third-order valence-electron chi connectivity index (χ3n) is 3.45. The second kappa shape index (κ2) is 11.4. The first-order valence-corrected chi connectivity index (χ1v) is 9.08. The van der Waals surface area contributed by atoms with Gasteiger partial charge in [0, 0.05) is 31.9 Å². The van der Waals surface area contributed by atoms with E-state index in [0.29, 0.717) is 42.6 Å². The summed E-state index contributed by atoms with van der Waals surface area (Å²) in [5.74, 6) is 0.214. The smallest absolute Gasteiger partial charge is 0.434 e. The van der Waals surface area contributed by atoms with E-state index in [1.807, 2.05) is 0 Å². The van der Waals surface area contributed by atoms with Gasteiger partial charge in [0.15, 0.2) is 23.2 Å². The number of aromatic nitrogens is 1. The minimum Gasteiger partial charge on any atom is -0.491 e. The summed E-state index contributed by atoms with van der Waals surface area (Å²) in [6.07, 6.45) is -4.09. The number of guanidine groups is 1. The molecule has 2 rings (SSSR count). The zero-order chi connectivity index (χ0) is 19.9. The molecular weight excluding hydrogens is 511 g/mol. The van der Waals surface area contributed by atoms with Crippen molar-refractivity contribution in [1.29, 1.82) is 0 Å². The molecule has 0 fully saturated rings. The van der Waals surface area contributed by atoms with E-state index >= 15 is 0 Å². The molecule has 0 amide bonds. The van der Waals surface area contributed by atoms with Crippen molar-refractivity contribution in [1.82, 2.24) is 15.6 Å². The molecule has 1 heterocycles. The number of nitrogens with zero attached hydrogens (tertiary/aromatic N) is 2. The molecule has 0 aliphatic heterocycles. The van der Waals surface area contributed by atoms with Gasteiger partial charge in [-0.3, -0.25) is 4.99 Å². The molecule has 1 aromatic carbocycles. The van der Waals surface area contributed by atoms with Gasteiger partial charge in [-0.1, -0.05) is 6.07 Å². The van der Waals surface area contributed by atoms with Gasteiger partial charge in [0.2, 0.25) is 0 Å². The van der Waals surface area contributed by atoms with Crippen molar-refractivity contribution in [3.8, 4) is 5.75 Å². The van der Waals surface area contributed by atoms with E-state index in [1.54, 1.807) is 26.1 Å². The second-order valence-corrected chi connectivity index (χ2v) is 6.37. The Labute approximate surface area is 181 Å². The molecule has 1 aromatic heterocycles. The molecule has 0 aliphatic carbocycles. The van der Waals surface area contributed by atoms with Gasteiger partial charge in [0.05, 0.1) is 11.6 Å². The molecule has 2 N–H and O–H groups in total. The predicted octanol–water partition coefficient (Wildman–Crippen LogP) is 4.23. The number of alkyl halides is 3. The predicted molar refractivity (Wildman–Crippen MR) is 112 cm³/mol. The number of nitrogens with one attached hydrogen (secondary N) is 2. The normalized spacial score (nSPS) is 11.7. The summed E-state index contributed by atoms with van der Waals surface area (Å²) in [5, 5.41) is 7.39. The molecule has 28 heavy (non-hydrogen) atoms. The fourth-order valence-electron chi connectivity index (χ4n) is 2.18. The zero-order valence-electron chi connectivity index (χ0n) is 15.3. The van der Waals surface area contributed by atoms with Crippen LogP contribution in [0.15, 0.2) is 28.6 Å². The van der Waals surface area contributed by atoms with Gasteiger partial charge in [-0.15, -0.1) is 35.3 Å². The Morgan fingerprint density at radius 3 is 2.61 bits per heavy atom. The van der Waals surface area contributed by atoms with Crippen molar-refractivity contribution in [3.05, 3.63) is 45.7 Å². The lowest BCUT2D eigenvalue weighted by atomic mass is 10.2. The van der Waals surface area contributed by atoms with Gasteiger partial charge in [-0.25, -0.2) is 9.37 Å². The molecule has 0 unspecified atom stereocenters. The third-order valence-corrected chi connectivity index (χ3v) is 4.36. The Morgan fingerprint density at radius 2 is 2.04 bits per heavy atom. The molecule has 0 radical (unpaired) electrons. The molecular formula is C17H21F4IN4OS. The van der Waals surface area contributed by atoms with Crippen LogP contribution in [0, 0.1) is 5.82 Å². The van der Waals surface area contributed by atoms with Crippen LogP contribution in [0.1, 0.15) is 23.2 Å². The van der Waals surface area contributed by atoms with Crippen molar-refractivity contribution >= 4 is 41.3 Å². The summed E-state index contributed by atoms with van der Waals surface area (Å²) in [4.78, 5) is 7.60. The second-order valence-electron chi connectivity index (χ2n) is 5.42. The van der Waals surface area contributed by atoms with Gasteiger partial charge in [-0.05, 0) is 24.6 Å². The first-order chi connectivity index (χ1) is 12.8. The first kappa shape index (κ1) is 24.4. The average molecular weight is 532 g/mol. The van der Waals surface area contributed by atoms with Crippen molar-refractivity contribution in [2.24, 2.45) is 4.99 Å². The van der Waals surface area contributed by atoms with E-state index in [4.69, 9.17) is 4.74 Å². The van der Waals surface area contributed by atoms with Crippen molar-refractivity contribution in [3.63, 3.8) is 0 Å². The van der Waals surface area contributed by atoms with E-state index in [-0.39, 0.29) is 29.7 Å². The lowest BCUT2D eigenvalue weighted by Crippen LogP contribution is -2.37. The number of hydrogen-bond acceptors (Lipinski definition) is 4. The standard InChI is InChI=1S/C17H20F4N4OS.HI/c1-3-26-13-5-4-11(8-12(13)18)9-24-16(22-2)23-7-6-15-25-14(10-27-15)17(19,20)21;/h4-5,8,10H,3,6-7,9H2,1-2H3,(H2,22,23,24);1H. The SMILES string of the molecule is CCOc1ccc(CNC(=NC)NCCc2nc(C(F)(F)F)cs2)cc1F.I. The first-order valence-electron chi connectivity index (χ1n) is 8.20. The van der Waals surface area contributed by atoms with Crippen LogP contribution in [0.25, 0.3) is 0 Å². The van der Waals surface area contributed by atoms with Crippen molar-refractivity contribution in [2.75, 3.05) is 20.2 Å². The Bertz CT molecular complexity index is 783. The number of rotatable bonds is 7. The fraction of sp³-hybridized carbons (Fsp3) is 0.412. The Morgan fingerprint density at radius 1 is 1.29 bits per heavy atom. The van der Waals surface area contributed by atoms with E-state index < -0.39 is 17.7 Å². The number of benzene rings is 1. The largest absolute Gasteiger partial charge is 0.491 e. The maximum atomic E-state index is 13.8. The topological polar surface area (TPSA) is 58.5 Å². The average Bonchev–Trinajstić information content (AvgIpc) is 3.09. The van der Waals surface area contributed by atoms with Crippen LogP contribution >= 0.6 is 35.3 Å². The van der Waals surface area contributed by atoms with Crippen LogP contribution in [-0.4, -0.2) is 31.1 Å². The Kier molecular flexibility index (Phi) is 9.93. The van der Waals surface area contributed by atoms with E-state index in [0.717, 1.165) is 16.7 Å². The molecule has 156 valence electrons. The fourth-order valence-corrected chi connectivity index (χ4v) is 2.98. The molecule has 11 heteroatoms. The third kappa shape index (κ3) is 7.41.